The molecule has 0 saturated carbocycles. The van der Waals surface area contributed by atoms with Crippen molar-refractivity contribution in [3.63, 3.8) is 0 Å². The molecule has 1 heterocycles. The molecule has 2 nitrogen and oxygen atoms in total. The lowest BCUT2D eigenvalue weighted by molar-refractivity contribution is 1.13. The zero-order chi connectivity index (χ0) is 9.80. The molecule has 0 saturated heterocycles. The van der Waals surface area contributed by atoms with Gasteiger partial charge in [-0.1, -0.05) is 12.1 Å². The van der Waals surface area contributed by atoms with E-state index in [9.17, 15) is 0 Å². The Bertz CT molecular complexity index is 400. The summed E-state index contributed by atoms with van der Waals surface area (Å²) in [5, 5.41) is 6.22. The Morgan fingerprint density at radius 2 is 2.36 bits per heavy atom. The van der Waals surface area contributed by atoms with Crippen molar-refractivity contribution in [1.29, 1.82) is 0 Å². The van der Waals surface area contributed by atoms with Gasteiger partial charge in [-0.2, -0.15) is 0 Å². The van der Waals surface area contributed by atoms with Gasteiger partial charge in [-0.15, -0.1) is 11.3 Å². The molecule has 0 unspecified atom stereocenters. The van der Waals surface area contributed by atoms with E-state index in [0.29, 0.717) is 0 Å². The van der Waals surface area contributed by atoms with Gasteiger partial charge in [0.2, 0.25) is 0 Å². The van der Waals surface area contributed by atoms with Crippen LogP contribution >= 0.6 is 33.9 Å². The highest BCUT2D eigenvalue weighted by Crippen LogP contribution is 2.13. The van der Waals surface area contributed by atoms with E-state index in [0.717, 1.165) is 11.7 Å². The van der Waals surface area contributed by atoms with E-state index in [-0.39, 0.29) is 0 Å². The van der Waals surface area contributed by atoms with Crippen molar-refractivity contribution in [2.75, 3.05) is 5.32 Å². The van der Waals surface area contributed by atoms with E-state index in [2.05, 4.69) is 57.2 Å². The van der Waals surface area contributed by atoms with Crippen molar-refractivity contribution in [3.8, 4) is 0 Å². The Morgan fingerprint density at radius 3 is 3.07 bits per heavy atom. The molecule has 0 aliphatic rings. The van der Waals surface area contributed by atoms with Crippen molar-refractivity contribution < 1.29 is 0 Å². The Hall–Kier alpha value is -0.620. The summed E-state index contributed by atoms with van der Waals surface area (Å²) in [5.74, 6) is 0. The van der Waals surface area contributed by atoms with Crippen LogP contribution in [0.25, 0.3) is 0 Å². The Morgan fingerprint density at radius 1 is 1.43 bits per heavy atom. The maximum atomic E-state index is 4.16. The van der Waals surface area contributed by atoms with Gasteiger partial charge in [-0.25, -0.2) is 4.98 Å². The van der Waals surface area contributed by atoms with Crippen LogP contribution in [0, 0.1) is 3.57 Å². The number of rotatable bonds is 3. The third-order valence-corrected chi connectivity index (χ3v) is 3.17. The fraction of sp³-hybridized carbons (Fsp3) is 0.100. The molecule has 0 atom stereocenters. The molecule has 0 spiro atoms. The number of hydrogen-bond donors (Lipinski definition) is 1. The van der Waals surface area contributed by atoms with Gasteiger partial charge in [0.1, 0.15) is 0 Å². The highest BCUT2D eigenvalue weighted by atomic mass is 127. The van der Waals surface area contributed by atoms with Gasteiger partial charge in [0.15, 0.2) is 5.13 Å². The van der Waals surface area contributed by atoms with Crippen LogP contribution in [0.4, 0.5) is 5.13 Å². The normalized spacial score (nSPS) is 10.1. The Labute approximate surface area is 101 Å². The molecule has 1 aromatic carbocycles. The summed E-state index contributed by atoms with van der Waals surface area (Å²) >= 11 is 3.94. The molecular weight excluding hydrogens is 307 g/mol. The lowest BCUT2D eigenvalue weighted by Gasteiger charge is -2.02. The Kier molecular flexibility index (Phi) is 3.36. The predicted octanol–water partition coefficient (Wildman–Crippen LogP) is 3.36. The van der Waals surface area contributed by atoms with E-state index in [4.69, 9.17) is 0 Å². The van der Waals surface area contributed by atoms with Gasteiger partial charge in [0, 0.05) is 21.7 Å². The molecule has 0 aliphatic heterocycles. The summed E-state index contributed by atoms with van der Waals surface area (Å²) < 4.78 is 1.26. The van der Waals surface area contributed by atoms with Crippen molar-refractivity contribution >= 4 is 39.1 Å². The van der Waals surface area contributed by atoms with E-state index < -0.39 is 0 Å². The SMILES string of the molecule is Ic1cccc(CNc2nccs2)c1. The minimum Gasteiger partial charge on any atom is -0.357 e. The number of hydrogen-bond acceptors (Lipinski definition) is 3. The zero-order valence-corrected chi connectivity index (χ0v) is 10.4. The smallest absolute Gasteiger partial charge is 0.182 e. The molecular formula is C10H9IN2S. The lowest BCUT2D eigenvalue weighted by atomic mass is 10.2. The average Bonchev–Trinajstić information content (AvgIpc) is 2.67. The fourth-order valence-electron chi connectivity index (χ4n) is 1.14. The number of benzene rings is 1. The van der Waals surface area contributed by atoms with E-state index in [1.54, 1.807) is 11.3 Å². The first-order valence-electron chi connectivity index (χ1n) is 4.22. The topological polar surface area (TPSA) is 24.9 Å². The van der Waals surface area contributed by atoms with E-state index in [1.165, 1.54) is 9.13 Å². The van der Waals surface area contributed by atoms with Gasteiger partial charge in [-0.3, -0.25) is 0 Å². The summed E-state index contributed by atoms with van der Waals surface area (Å²) in [4.78, 5) is 4.16. The highest BCUT2D eigenvalue weighted by Gasteiger charge is 1.95. The molecule has 4 heteroatoms. The van der Waals surface area contributed by atoms with Crippen LogP contribution in [-0.2, 0) is 6.54 Å². The molecule has 0 amide bonds. The van der Waals surface area contributed by atoms with Crippen LogP contribution in [0.1, 0.15) is 5.56 Å². The maximum Gasteiger partial charge on any atom is 0.182 e. The molecule has 1 N–H and O–H groups in total. The predicted molar refractivity (Wildman–Crippen MR) is 68.6 cm³/mol. The summed E-state index contributed by atoms with van der Waals surface area (Å²) in [5.41, 5.74) is 1.28. The van der Waals surface area contributed by atoms with E-state index >= 15 is 0 Å². The molecule has 0 radical (unpaired) electrons. The first-order valence-corrected chi connectivity index (χ1v) is 6.18. The minimum absolute atomic E-state index is 0.838. The summed E-state index contributed by atoms with van der Waals surface area (Å²) in [6.07, 6.45) is 1.81. The van der Waals surface area contributed by atoms with Crippen LogP contribution in [0.2, 0.25) is 0 Å². The van der Waals surface area contributed by atoms with E-state index in [1.807, 2.05) is 11.6 Å². The number of thiazole rings is 1. The molecule has 2 rings (SSSR count). The molecule has 0 fully saturated rings. The second-order valence-corrected chi connectivity index (χ2v) is 4.96. The number of nitrogens with zero attached hydrogens (tertiary/aromatic N) is 1. The fourth-order valence-corrected chi connectivity index (χ4v) is 2.27. The van der Waals surface area contributed by atoms with Gasteiger partial charge in [-0.05, 0) is 40.3 Å². The molecule has 1 aromatic heterocycles. The van der Waals surface area contributed by atoms with Crippen LogP contribution in [0.5, 0.6) is 0 Å². The average molecular weight is 316 g/mol. The first kappa shape index (κ1) is 9.92. The summed E-state index contributed by atoms with van der Waals surface area (Å²) in [6, 6.07) is 8.44. The number of aromatic nitrogens is 1. The number of nitrogens with one attached hydrogen (secondary N) is 1. The van der Waals surface area contributed by atoms with Gasteiger partial charge in [0.05, 0.1) is 0 Å². The van der Waals surface area contributed by atoms with Crippen LogP contribution in [0.3, 0.4) is 0 Å². The lowest BCUT2D eigenvalue weighted by Crippen LogP contribution is -1.98. The van der Waals surface area contributed by atoms with Crippen LogP contribution < -0.4 is 5.32 Å². The summed E-state index contributed by atoms with van der Waals surface area (Å²) in [6.45, 7) is 0.838. The second-order valence-electron chi connectivity index (χ2n) is 2.82. The molecule has 72 valence electrons. The third-order valence-electron chi connectivity index (χ3n) is 1.77. The van der Waals surface area contributed by atoms with Crippen molar-refractivity contribution in [1.82, 2.24) is 4.98 Å². The van der Waals surface area contributed by atoms with Gasteiger partial charge in [0.25, 0.3) is 0 Å². The summed E-state index contributed by atoms with van der Waals surface area (Å²) in [7, 11) is 0. The molecule has 14 heavy (non-hydrogen) atoms. The molecule has 2 aromatic rings. The molecule has 0 bridgehead atoms. The number of anilines is 1. The first-order chi connectivity index (χ1) is 6.84. The van der Waals surface area contributed by atoms with Crippen molar-refractivity contribution in [2.45, 2.75) is 6.54 Å². The van der Waals surface area contributed by atoms with Crippen molar-refractivity contribution in [2.24, 2.45) is 0 Å². The van der Waals surface area contributed by atoms with Crippen LogP contribution in [-0.4, -0.2) is 4.98 Å². The monoisotopic (exact) mass is 316 g/mol. The third kappa shape index (κ3) is 2.68. The standard InChI is InChI=1S/C10H9IN2S/c11-9-3-1-2-8(6-9)7-13-10-12-4-5-14-10/h1-6H,7H2,(H,12,13). The molecule has 0 aliphatic carbocycles. The minimum atomic E-state index is 0.838. The quantitative estimate of drug-likeness (QED) is 0.879. The van der Waals surface area contributed by atoms with Gasteiger partial charge >= 0.3 is 0 Å². The van der Waals surface area contributed by atoms with Gasteiger partial charge < -0.3 is 5.32 Å². The second kappa shape index (κ2) is 4.75. The Balaban J connectivity index is 1.98. The number of halogens is 1. The zero-order valence-electron chi connectivity index (χ0n) is 7.40. The largest absolute Gasteiger partial charge is 0.357 e. The van der Waals surface area contributed by atoms with Crippen LogP contribution in [0.15, 0.2) is 35.8 Å². The maximum absolute atomic E-state index is 4.16. The highest BCUT2D eigenvalue weighted by molar-refractivity contribution is 14.1. The van der Waals surface area contributed by atoms with Crippen molar-refractivity contribution in [3.05, 3.63) is 45.0 Å².